The summed E-state index contributed by atoms with van der Waals surface area (Å²) in [5.74, 6) is -0.117. The Hall–Kier alpha value is -0.760. The van der Waals surface area contributed by atoms with Crippen LogP contribution >= 0.6 is 0 Å². The van der Waals surface area contributed by atoms with Gasteiger partial charge in [0.25, 0.3) is 0 Å². The quantitative estimate of drug-likeness (QED) is 0.699. The molecule has 1 amide bonds. The van der Waals surface area contributed by atoms with E-state index in [0.29, 0.717) is 13.0 Å². The number of ether oxygens (including phenoxy) is 1. The van der Waals surface area contributed by atoms with Crippen LogP contribution < -0.4 is 5.32 Å². The van der Waals surface area contributed by atoms with Crippen LogP contribution in [0.25, 0.3) is 0 Å². The number of halogens is 1. The zero-order valence-electron chi connectivity index (χ0n) is 13.6. The van der Waals surface area contributed by atoms with Crippen LogP contribution in [0, 0.1) is 0 Å². The molecule has 2 heterocycles. The third kappa shape index (κ3) is 4.62. The summed E-state index contributed by atoms with van der Waals surface area (Å²) in [5.41, 5.74) is -0.135. The fourth-order valence-corrected chi connectivity index (χ4v) is 3.14. The first kappa shape index (κ1) is 17.6. The second-order valence-electron chi connectivity index (χ2n) is 6.79. The van der Waals surface area contributed by atoms with Gasteiger partial charge in [-0.3, -0.25) is 14.6 Å². The monoisotopic (exact) mass is 317 g/mol. The molecule has 2 rings (SSSR count). The molecule has 0 bridgehead atoms. The van der Waals surface area contributed by atoms with E-state index in [-0.39, 0.29) is 37.2 Å². The Morgan fingerprint density at radius 2 is 2.09 bits per heavy atom. The number of carbonyl (C=O) groups excluding carboxylic acids is 1. The van der Waals surface area contributed by atoms with E-state index in [4.69, 9.17) is 4.74 Å². The van der Waals surface area contributed by atoms with Gasteiger partial charge in [0.2, 0.25) is 5.91 Å². The number of nitrogens with one attached hydrogen (secondary N) is 1. The summed E-state index contributed by atoms with van der Waals surface area (Å²) in [6, 6.07) is -0.243. The zero-order chi connectivity index (χ0) is 16.2. The number of amides is 1. The number of alkyl halides is 1. The van der Waals surface area contributed by atoms with Crippen molar-refractivity contribution in [2.24, 2.45) is 0 Å². The molecule has 0 aromatic heterocycles. The van der Waals surface area contributed by atoms with Crippen LogP contribution in [-0.2, 0) is 9.53 Å². The van der Waals surface area contributed by atoms with Gasteiger partial charge < -0.3 is 15.2 Å². The summed E-state index contributed by atoms with van der Waals surface area (Å²) in [7, 11) is 0. The normalized spacial score (nSPS) is 28.0. The van der Waals surface area contributed by atoms with E-state index >= 15 is 0 Å². The number of rotatable bonds is 6. The maximum absolute atomic E-state index is 13.4. The summed E-state index contributed by atoms with van der Waals surface area (Å²) >= 11 is 0. The van der Waals surface area contributed by atoms with Crippen molar-refractivity contribution >= 4 is 5.91 Å². The van der Waals surface area contributed by atoms with Crippen molar-refractivity contribution in [2.45, 2.75) is 38.0 Å². The minimum atomic E-state index is -0.949. The van der Waals surface area contributed by atoms with Crippen LogP contribution in [0.3, 0.4) is 0 Å². The molecule has 2 aliphatic rings. The second-order valence-corrected chi connectivity index (χ2v) is 6.79. The highest BCUT2D eigenvalue weighted by atomic mass is 19.1. The van der Waals surface area contributed by atoms with Crippen molar-refractivity contribution in [3.63, 3.8) is 0 Å². The van der Waals surface area contributed by atoms with Crippen LogP contribution in [-0.4, -0.2) is 91.1 Å². The van der Waals surface area contributed by atoms with Gasteiger partial charge in [0, 0.05) is 37.8 Å². The summed E-state index contributed by atoms with van der Waals surface area (Å²) in [6.07, 6.45) is -0.641. The molecular formula is C15H28FN3O3. The summed E-state index contributed by atoms with van der Waals surface area (Å²) in [4.78, 5) is 16.1. The smallest absolute Gasteiger partial charge is 0.234 e. The lowest BCUT2D eigenvalue weighted by Crippen LogP contribution is -2.56. The predicted octanol–water partition coefficient (Wildman–Crippen LogP) is -0.382. The van der Waals surface area contributed by atoms with Gasteiger partial charge in [0.15, 0.2) is 0 Å². The molecule has 0 aromatic rings. The molecule has 2 aliphatic heterocycles. The van der Waals surface area contributed by atoms with Gasteiger partial charge >= 0.3 is 0 Å². The number of carbonyl (C=O) groups is 1. The first-order chi connectivity index (χ1) is 10.4. The molecule has 128 valence electrons. The third-order valence-corrected chi connectivity index (χ3v) is 4.62. The van der Waals surface area contributed by atoms with Crippen molar-refractivity contribution < 1.29 is 19.0 Å². The molecule has 2 atom stereocenters. The molecule has 2 saturated heterocycles. The topological polar surface area (TPSA) is 65.0 Å². The largest absolute Gasteiger partial charge is 0.395 e. The molecule has 0 radical (unpaired) electrons. The number of aliphatic hydroxyl groups is 1. The molecular weight excluding hydrogens is 289 g/mol. The van der Waals surface area contributed by atoms with Crippen LogP contribution in [0.5, 0.6) is 0 Å². The Labute approximate surface area is 131 Å². The van der Waals surface area contributed by atoms with Crippen molar-refractivity contribution in [3.8, 4) is 0 Å². The van der Waals surface area contributed by atoms with Crippen molar-refractivity contribution in [2.75, 3.05) is 52.5 Å². The number of likely N-dealkylation sites (tertiary alicyclic amines) is 1. The molecule has 0 spiro atoms. The number of hydrogen-bond acceptors (Lipinski definition) is 5. The summed E-state index contributed by atoms with van der Waals surface area (Å²) in [6.45, 7) is 8.19. The molecule has 7 heteroatoms. The average molecular weight is 317 g/mol. The van der Waals surface area contributed by atoms with E-state index in [9.17, 15) is 14.3 Å². The highest BCUT2D eigenvalue weighted by Crippen LogP contribution is 2.19. The van der Waals surface area contributed by atoms with Crippen molar-refractivity contribution in [1.29, 1.82) is 0 Å². The van der Waals surface area contributed by atoms with Crippen molar-refractivity contribution in [1.82, 2.24) is 15.1 Å². The van der Waals surface area contributed by atoms with Crippen LogP contribution in [0.4, 0.5) is 4.39 Å². The number of hydrogen-bond donors (Lipinski definition) is 2. The van der Waals surface area contributed by atoms with E-state index in [2.05, 4.69) is 24.1 Å². The van der Waals surface area contributed by atoms with E-state index in [1.807, 2.05) is 0 Å². The van der Waals surface area contributed by atoms with Crippen LogP contribution in [0.1, 0.15) is 20.3 Å². The predicted molar refractivity (Wildman–Crippen MR) is 81.4 cm³/mol. The Bertz CT molecular complexity index is 375. The minimum absolute atomic E-state index is 0.104. The maximum Gasteiger partial charge on any atom is 0.234 e. The number of aliphatic hydroxyl groups excluding tert-OH is 1. The Kier molecular flexibility index (Phi) is 6.14. The van der Waals surface area contributed by atoms with Gasteiger partial charge in [-0.15, -0.1) is 0 Å². The molecule has 0 aromatic carbocycles. The molecule has 6 nitrogen and oxygen atoms in total. The van der Waals surface area contributed by atoms with Crippen molar-refractivity contribution in [3.05, 3.63) is 0 Å². The Morgan fingerprint density at radius 1 is 1.41 bits per heavy atom. The van der Waals surface area contributed by atoms with E-state index < -0.39 is 6.17 Å². The maximum atomic E-state index is 13.4. The SMILES string of the molecule is CC(C)(CNC(=O)CN1C[C@@H](F)C[C@H]1CO)N1CCOCC1. The van der Waals surface area contributed by atoms with Gasteiger partial charge in [-0.1, -0.05) is 0 Å². The van der Waals surface area contributed by atoms with E-state index in [1.54, 1.807) is 4.90 Å². The lowest BCUT2D eigenvalue weighted by molar-refractivity contribution is -0.123. The second kappa shape index (κ2) is 7.68. The lowest BCUT2D eigenvalue weighted by atomic mass is 10.0. The first-order valence-electron chi connectivity index (χ1n) is 8.01. The zero-order valence-corrected chi connectivity index (χ0v) is 13.6. The Balaban J connectivity index is 1.77. The Morgan fingerprint density at radius 3 is 2.73 bits per heavy atom. The fraction of sp³-hybridized carbons (Fsp3) is 0.933. The van der Waals surface area contributed by atoms with Gasteiger partial charge in [0.05, 0.1) is 26.4 Å². The van der Waals surface area contributed by atoms with Crippen LogP contribution in [0.2, 0.25) is 0 Å². The van der Waals surface area contributed by atoms with Crippen LogP contribution in [0.15, 0.2) is 0 Å². The minimum Gasteiger partial charge on any atom is -0.395 e. The fourth-order valence-electron chi connectivity index (χ4n) is 3.14. The summed E-state index contributed by atoms with van der Waals surface area (Å²) in [5, 5.41) is 12.2. The number of nitrogens with zero attached hydrogens (tertiary/aromatic N) is 2. The molecule has 2 N–H and O–H groups in total. The number of morpholine rings is 1. The summed E-state index contributed by atoms with van der Waals surface area (Å²) < 4.78 is 18.7. The molecule has 0 aliphatic carbocycles. The van der Waals surface area contributed by atoms with Gasteiger partial charge in [-0.05, 0) is 20.3 Å². The molecule has 0 unspecified atom stereocenters. The molecule has 2 fully saturated rings. The lowest BCUT2D eigenvalue weighted by Gasteiger charge is -2.41. The van der Waals surface area contributed by atoms with E-state index in [0.717, 1.165) is 26.3 Å². The highest BCUT2D eigenvalue weighted by molar-refractivity contribution is 5.78. The van der Waals surface area contributed by atoms with E-state index in [1.165, 1.54) is 0 Å². The first-order valence-corrected chi connectivity index (χ1v) is 8.01. The molecule has 0 saturated carbocycles. The third-order valence-electron chi connectivity index (χ3n) is 4.62. The molecule has 22 heavy (non-hydrogen) atoms. The highest BCUT2D eigenvalue weighted by Gasteiger charge is 2.33. The van der Waals surface area contributed by atoms with Gasteiger partial charge in [-0.25, -0.2) is 4.39 Å². The van der Waals surface area contributed by atoms with Gasteiger partial charge in [-0.2, -0.15) is 0 Å². The van der Waals surface area contributed by atoms with Gasteiger partial charge in [0.1, 0.15) is 6.17 Å². The average Bonchev–Trinajstić information content (AvgIpc) is 2.86. The standard InChI is InChI=1S/C15H28FN3O3/c1-15(2,19-3-5-22-6-4-19)11-17-14(21)9-18-8-12(16)7-13(18)10-20/h12-13,20H,3-11H2,1-2H3,(H,17,21)/t12-,13-/m0/s1.